The summed E-state index contributed by atoms with van der Waals surface area (Å²) in [6.45, 7) is 7.35. The Kier molecular flexibility index (Phi) is 10.4. The molecule has 1 aliphatic rings. The van der Waals surface area contributed by atoms with Crippen LogP contribution in [0.2, 0.25) is 0 Å². The highest BCUT2D eigenvalue weighted by molar-refractivity contribution is 7.98. The second-order valence-corrected chi connectivity index (χ2v) is 13.2. The van der Waals surface area contributed by atoms with Gasteiger partial charge >= 0.3 is 12.1 Å². The van der Waals surface area contributed by atoms with Crippen molar-refractivity contribution in [2.75, 3.05) is 37.7 Å². The number of nitrogens with zero attached hydrogens (tertiary/aromatic N) is 3. The second kappa shape index (κ2) is 14.2. The van der Waals surface area contributed by atoms with E-state index < -0.39 is 24.3 Å². The summed E-state index contributed by atoms with van der Waals surface area (Å²) in [5.74, 6) is -0.0387. The van der Waals surface area contributed by atoms with Gasteiger partial charge in [0.05, 0.1) is 11.3 Å². The number of ether oxygens (including phenoxy) is 1. The third kappa shape index (κ3) is 8.56. The standard InChI is InChI=1S/C33H33F4N3O3S2/c1-21(2)27-17-26(11-12-29(27)43-19-31(41)42)44-20-30-28(38-32(45-30)22-3-5-23(6-4-22)33(35,36)37)18-39-13-15-40(16-14-39)25-9-7-24(34)8-10-25/h3-12,17,21H,13-16,18-20H2,1-2H3,(H,41,42). The third-order valence-corrected chi connectivity index (χ3v) is 9.85. The molecule has 0 atom stereocenters. The lowest BCUT2D eigenvalue weighted by Crippen LogP contribution is -2.46. The summed E-state index contributed by atoms with van der Waals surface area (Å²) < 4.78 is 58.4. The molecule has 0 bridgehead atoms. The zero-order chi connectivity index (χ0) is 32.1. The van der Waals surface area contributed by atoms with E-state index in [4.69, 9.17) is 14.8 Å². The van der Waals surface area contributed by atoms with Gasteiger partial charge < -0.3 is 14.7 Å². The molecule has 45 heavy (non-hydrogen) atoms. The number of alkyl halides is 3. The summed E-state index contributed by atoms with van der Waals surface area (Å²) in [4.78, 5) is 22.5. The molecule has 4 aromatic rings. The van der Waals surface area contributed by atoms with E-state index in [1.807, 2.05) is 26.0 Å². The molecule has 2 heterocycles. The Morgan fingerprint density at radius 3 is 2.33 bits per heavy atom. The van der Waals surface area contributed by atoms with Gasteiger partial charge in [-0.1, -0.05) is 26.0 Å². The average Bonchev–Trinajstić information content (AvgIpc) is 3.42. The van der Waals surface area contributed by atoms with Crippen LogP contribution in [0.4, 0.5) is 23.2 Å². The number of thiazole rings is 1. The lowest BCUT2D eigenvalue weighted by atomic mass is 10.0. The predicted octanol–water partition coefficient (Wildman–Crippen LogP) is 8.17. The maximum Gasteiger partial charge on any atom is 0.416 e. The van der Waals surface area contributed by atoms with Crippen molar-refractivity contribution in [2.45, 2.75) is 43.1 Å². The number of aliphatic carboxylic acids is 1. The molecule has 0 aliphatic carbocycles. The van der Waals surface area contributed by atoms with E-state index in [1.165, 1.54) is 35.6 Å². The number of carboxylic acid groups (broad SMARTS) is 1. The van der Waals surface area contributed by atoms with E-state index >= 15 is 0 Å². The molecule has 12 heteroatoms. The summed E-state index contributed by atoms with van der Waals surface area (Å²) in [6.07, 6.45) is -4.41. The SMILES string of the molecule is CC(C)c1cc(SCc2sc(-c3ccc(C(F)(F)F)cc3)nc2CN2CCN(c3ccc(F)cc3)CC2)ccc1OCC(=O)O. The second-order valence-electron chi connectivity index (χ2n) is 11.0. The largest absolute Gasteiger partial charge is 0.482 e. The number of carboxylic acids is 1. The van der Waals surface area contributed by atoms with Crippen molar-refractivity contribution in [3.63, 3.8) is 0 Å². The van der Waals surface area contributed by atoms with Crippen molar-refractivity contribution in [3.8, 4) is 16.3 Å². The monoisotopic (exact) mass is 659 g/mol. The van der Waals surface area contributed by atoms with Gasteiger partial charge in [-0.3, -0.25) is 4.90 Å². The maximum absolute atomic E-state index is 13.4. The molecular formula is C33H33F4N3O3S2. The lowest BCUT2D eigenvalue weighted by Gasteiger charge is -2.36. The average molecular weight is 660 g/mol. The van der Waals surface area contributed by atoms with Gasteiger partial charge in [0.2, 0.25) is 0 Å². The molecule has 1 aliphatic heterocycles. The number of hydrogen-bond donors (Lipinski definition) is 1. The number of anilines is 1. The van der Waals surface area contributed by atoms with Crippen LogP contribution < -0.4 is 9.64 Å². The number of carbonyl (C=O) groups is 1. The minimum absolute atomic E-state index is 0.119. The molecule has 1 saturated heterocycles. The fourth-order valence-corrected chi connectivity index (χ4v) is 7.18. The van der Waals surface area contributed by atoms with Gasteiger partial charge in [-0.25, -0.2) is 14.2 Å². The Hall–Kier alpha value is -3.61. The van der Waals surface area contributed by atoms with Gasteiger partial charge in [0, 0.05) is 59.5 Å². The highest BCUT2D eigenvalue weighted by Crippen LogP contribution is 2.37. The van der Waals surface area contributed by atoms with E-state index in [0.717, 1.165) is 65.0 Å². The van der Waals surface area contributed by atoms with E-state index in [2.05, 4.69) is 9.80 Å². The minimum Gasteiger partial charge on any atom is -0.482 e. The molecule has 0 radical (unpaired) electrons. The van der Waals surface area contributed by atoms with Crippen molar-refractivity contribution < 1.29 is 32.2 Å². The number of thioether (sulfide) groups is 1. The smallest absolute Gasteiger partial charge is 0.416 e. The predicted molar refractivity (Wildman–Crippen MR) is 170 cm³/mol. The van der Waals surface area contributed by atoms with E-state index in [9.17, 15) is 22.4 Å². The molecule has 3 aromatic carbocycles. The van der Waals surface area contributed by atoms with Crippen LogP contribution in [0.1, 0.15) is 41.5 Å². The molecule has 1 fully saturated rings. The normalized spacial score (nSPS) is 14.2. The zero-order valence-electron chi connectivity index (χ0n) is 24.8. The first-order valence-corrected chi connectivity index (χ1v) is 16.3. The first kappa shape index (κ1) is 32.8. The van der Waals surface area contributed by atoms with Crippen molar-refractivity contribution in [3.05, 3.63) is 94.2 Å². The van der Waals surface area contributed by atoms with Gasteiger partial charge in [0.15, 0.2) is 6.61 Å². The van der Waals surface area contributed by atoms with E-state index in [-0.39, 0.29) is 11.7 Å². The van der Waals surface area contributed by atoms with Gasteiger partial charge in [-0.05, 0) is 66.1 Å². The van der Waals surface area contributed by atoms with Crippen molar-refractivity contribution in [1.29, 1.82) is 0 Å². The van der Waals surface area contributed by atoms with Crippen molar-refractivity contribution >= 4 is 34.8 Å². The first-order valence-electron chi connectivity index (χ1n) is 14.5. The molecule has 0 amide bonds. The molecule has 5 rings (SSSR count). The van der Waals surface area contributed by atoms with Gasteiger partial charge in [0.1, 0.15) is 16.6 Å². The number of aromatic nitrogens is 1. The molecule has 0 saturated carbocycles. The minimum atomic E-state index is -4.41. The van der Waals surface area contributed by atoms with Crippen LogP contribution in [0.3, 0.4) is 0 Å². The first-order chi connectivity index (χ1) is 21.5. The topological polar surface area (TPSA) is 65.9 Å². The Morgan fingerprint density at radius 2 is 1.71 bits per heavy atom. The highest BCUT2D eigenvalue weighted by atomic mass is 32.2. The number of halogens is 4. The number of piperazine rings is 1. The molecule has 0 spiro atoms. The summed E-state index contributed by atoms with van der Waals surface area (Å²) in [5.41, 5.74) is 2.72. The van der Waals surface area contributed by atoms with Gasteiger partial charge in [0.25, 0.3) is 0 Å². The van der Waals surface area contributed by atoms with Gasteiger partial charge in [-0.15, -0.1) is 23.1 Å². The number of benzene rings is 3. The Morgan fingerprint density at radius 1 is 1.02 bits per heavy atom. The molecule has 1 N–H and O–H groups in total. The molecule has 1 aromatic heterocycles. The molecule has 238 valence electrons. The van der Waals surface area contributed by atoms with Gasteiger partial charge in [-0.2, -0.15) is 13.2 Å². The summed E-state index contributed by atoms with van der Waals surface area (Å²) in [6, 6.07) is 17.3. The highest BCUT2D eigenvalue weighted by Gasteiger charge is 2.30. The van der Waals surface area contributed by atoms with Crippen molar-refractivity contribution in [2.24, 2.45) is 0 Å². The van der Waals surface area contributed by atoms with Crippen LogP contribution in [0.25, 0.3) is 10.6 Å². The van der Waals surface area contributed by atoms with Crippen molar-refractivity contribution in [1.82, 2.24) is 9.88 Å². The van der Waals surface area contributed by atoms with E-state index in [1.54, 1.807) is 30.0 Å². The fourth-order valence-electron chi connectivity index (χ4n) is 5.06. The summed E-state index contributed by atoms with van der Waals surface area (Å²) >= 11 is 3.10. The quantitative estimate of drug-likeness (QED) is 0.129. The van der Waals surface area contributed by atoms with Crippen LogP contribution in [-0.2, 0) is 23.3 Å². The number of hydrogen-bond acceptors (Lipinski definition) is 7. The van der Waals surface area contributed by atoms with Crippen LogP contribution in [-0.4, -0.2) is 53.7 Å². The van der Waals surface area contributed by atoms with Crippen LogP contribution >= 0.6 is 23.1 Å². The Bertz CT molecular complexity index is 1600. The zero-order valence-corrected chi connectivity index (χ0v) is 26.4. The van der Waals surface area contributed by atoms with Crippen LogP contribution in [0, 0.1) is 5.82 Å². The van der Waals surface area contributed by atoms with Crippen LogP contribution in [0.15, 0.2) is 71.6 Å². The Balaban J connectivity index is 1.34. The van der Waals surface area contributed by atoms with Crippen LogP contribution in [0.5, 0.6) is 5.75 Å². The summed E-state index contributed by atoms with van der Waals surface area (Å²) in [7, 11) is 0. The lowest BCUT2D eigenvalue weighted by molar-refractivity contribution is -0.139. The van der Waals surface area contributed by atoms with E-state index in [0.29, 0.717) is 28.6 Å². The Labute approximate surface area is 267 Å². The molecular weight excluding hydrogens is 627 g/mol. The third-order valence-electron chi connectivity index (χ3n) is 7.50. The summed E-state index contributed by atoms with van der Waals surface area (Å²) in [5, 5.41) is 9.68. The number of rotatable bonds is 11. The maximum atomic E-state index is 13.4. The molecule has 6 nitrogen and oxygen atoms in total. The fraction of sp³-hybridized carbons (Fsp3) is 0.333. The molecule has 0 unspecified atom stereocenters.